The Labute approximate surface area is 216 Å². The van der Waals surface area contributed by atoms with Crippen molar-refractivity contribution >= 4 is 28.5 Å². The molecule has 0 atom stereocenters. The third-order valence-corrected chi connectivity index (χ3v) is 5.54. The molecular formula is C27H24F2N6O3. The van der Waals surface area contributed by atoms with Gasteiger partial charge in [0.05, 0.1) is 41.2 Å². The Bertz CT molecular complexity index is 1650. The van der Waals surface area contributed by atoms with Gasteiger partial charge >= 0.3 is 6.09 Å². The van der Waals surface area contributed by atoms with Crippen molar-refractivity contribution in [2.45, 2.75) is 32.9 Å². The predicted molar refractivity (Wildman–Crippen MR) is 137 cm³/mol. The van der Waals surface area contributed by atoms with Gasteiger partial charge in [-0.05, 0) is 62.2 Å². The minimum absolute atomic E-state index is 0.00480. The molecule has 0 fully saturated rings. The zero-order valence-electron chi connectivity index (χ0n) is 21.1. The molecule has 0 aliphatic rings. The summed E-state index contributed by atoms with van der Waals surface area (Å²) < 4.78 is 34.3. The Morgan fingerprint density at radius 2 is 1.89 bits per heavy atom. The number of hydrogen-bond acceptors (Lipinski definition) is 6. The Hall–Kier alpha value is -4.85. The van der Waals surface area contributed by atoms with E-state index in [9.17, 15) is 23.6 Å². The number of nitrogens with zero attached hydrogens (tertiary/aromatic N) is 4. The van der Waals surface area contributed by atoms with E-state index in [1.165, 1.54) is 10.8 Å². The van der Waals surface area contributed by atoms with E-state index in [1.807, 2.05) is 6.07 Å². The van der Waals surface area contributed by atoms with Crippen LogP contribution in [0.3, 0.4) is 0 Å². The monoisotopic (exact) mass is 518 g/mol. The first-order chi connectivity index (χ1) is 17.9. The number of ether oxygens (including phenoxy) is 1. The molecule has 11 heteroatoms. The van der Waals surface area contributed by atoms with Crippen molar-refractivity contribution < 1.29 is 18.3 Å². The number of benzene rings is 2. The van der Waals surface area contributed by atoms with Crippen LogP contribution in [0.25, 0.3) is 33.5 Å². The average Bonchev–Trinajstić information content (AvgIpc) is 3.20. The summed E-state index contributed by atoms with van der Waals surface area (Å²) in [6.07, 6.45) is 2.43. The molecule has 4 rings (SSSR count). The van der Waals surface area contributed by atoms with Crippen LogP contribution in [0.1, 0.15) is 37.7 Å². The third-order valence-electron chi connectivity index (χ3n) is 5.54. The molecule has 9 nitrogen and oxygen atoms in total. The largest absolute Gasteiger partial charge is 0.444 e. The SMILES string of the molecule is Cn1ncc(-c2ccc3c(=O)[nH]nc(CNC(=O)OC(C)(C)C)c3c2)c1/C=C(\C#N)c1cc(F)cc(F)c1. The number of aromatic nitrogens is 4. The number of aromatic amines is 1. The highest BCUT2D eigenvalue weighted by Crippen LogP contribution is 2.30. The number of nitriles is 1. The van der Waals surface area contributed by atoms with Gasteiger partial charge < -0.3 is 10.1 Å². The summed E-state index contributed by atoms with van der Waals surface area (Å²) in [6.45, 7) is 5.23. The van der Waals surface area contributed by atoms with Crippen molar-refractivity contribution in [1.82, 2.24) is 25.3 Å². The summed E-state index contributed by atoms with van der Waals surface area (Å²) >= 11 is 0. The van der Waals surface area contributed by atoms with Gasteiger partial charge in [-0.15, -0.1) is 0 Å². The van der Waals surface area contributed by atoms with Crippen molar-refractivity contribution in [3.05, 3.63) is 81.5 Å². The molecular weight excluding hydrogens is 494 g/mol. The van der Waals surface area contributed by atoms with Gasteiger partial charge in [0, 0.05) is 24.1 Å². The maximum absolute atomic E-state index is 13.8. The van der Waals surface area contributed by atoms with Gasteiger partial charge in [0.1, 0.15) is 17.2 Å². The van der Waals surface area contributed by atoms with Crippen LogP contribution in [0.2, 0.25) is 0 Å². The van der Waals surface area contributed by atoms with Crippen molar-refractivity contribution in [3.8, 4) is 17.2 Å². The van der Waals surface area contributed by atoms with E-state index in [0.29, 0.717) is 33.3 Å². The topological polar surface area (TPSA) is 126 Å². The van der Waals surface area contributed by atoms with Gasteiger partial charge in [-0.2, -0.15) is 15.5 Å². The van der Waals surface area contributed by atoms with E-state index in [4.69, 9.17) is 4.74 Å². The van der Waals surface area contributed by atoms with E-state index < -0.39 is 28.9 Å². The molecule has 4 aromatic rings. The van der Waals surface area contributed by atoms with E-state index in [1.54, 1.807) is 52.2 Å². The standard InChI is InChI=1S/C27H24F2N6O3/c1-27(2,3)38-26(37)31-14-23-21-9-15(5-6-20(21)25(36)34-33-23)22-13-32-35(4)24(22)10-17(12-30)16-7-18(28)11-19(29)8-16/h5-11,13H,14H2,1-4H3,(H,31,37)(H,34,36)/b17-10+. The van der Waals surface area contributed by atoms with Gasteiger partial charge in [0.25, 0.3) is 5.56 Å². The maximum atomic E-state index is 13.8. The summed E-state index contributed by atoms with van der Waals surface area (Å²) in [4.78, 5) is 24.6. The lowest BCUT2D eigenvalue weighted by molar-refractivity contribution is 0.0523. The Kier molecular flexibility index (Phi) is 7.08. The molecule has 0 saturated carbocycles. The molecule has 0 bridgehead atoms. The van der Waals surface area contributed by atoms with E-state index in [2.05, 4.69) is 20.6 Å². The highest BCUT2D eigenvalue weighted by atomic mass is 19.1. The normalized spacial score (nSPS) is 11.9. The minimum Gasteiger partial charge on any atom is -0.444 e. The minimum atomic E-state index is -0.800. The van der Waals surface area contributed by atoms with Gasteiger partial charge in [0.2, 0.25) is 0 Å². The molecule has 2 heterocycles. The van der Waals surface area contributed by atoms with Crippen molar-refractivity contribution in [2.75, 3.05) is 0 Å². The van der Waals surface area contributed by atoms with Crippen LogP contribution in [0.4, 0.5) is 13.6 Å². The molecule has 0 saturated heterocycles. The highest BCUT2D eigenvalue weighted by Gasteiger charge is 2.18. The number of allylic oxidation sites excluding steroid dienone is 1. The van der Waals surface area contributed by atoms with E-state index in [0.717, 1.165) is 18.2 Å². The lowest BCUT2D eigenvalue weighted by Crippen LogP contribution is -2.32. The van der Waals surface area contributed by atoms with Crippen molar-refractivity contribution in [1.29, 1.82) is 5.26 Å². The van der Waals surface area contributed by atoms with Gasteiger partial charge in [-0.25, -0.2) is 18.7 Å². The second-order valence-electron chi connectivity index (χ2n) is 9.51. The van der Waals surface area contributed by atoms with Crippen LogP contribution in [0.15, 0.2) is 47.4 Å². The lowest BCUT2D eigenvalue weighted by atomic mass is 9.99. The summed E-state index contributed by atoms with van der Waals surface area (Å²) in [5, 5.41) is 24.0. The molecule has 1 amide bonds. The fourth-order valence-electron chi connectivity index (χ4n) is 3.86. The van der Waals surface area contributed by atoms with Crippen LogP contribution in [0, 0.1) is 23.0 Å². The fourth-order valence-corrected chi connectivity index (χ4v) is 3.86. The number of hydrogen-bond donors (Lipinski definition) is 2. The number of fused-ring (bicyclic) bond motifs is 1. The fraction of sp³-hybridized carbons (Fsp3) is 0.222. The molecule has 194 valence electrons. The quantitative estimate of drug-likeness (QED) is 0.369. The lowest BCUT2D eigenvalue weighted by Gasteiger charge is -2.19. The van der Waals surface area contributed by atoms with E-state index >= 15 is 0 Å². The van der Waals surface area contributed by atoms with E-state index in [-0.39, 0.29) is 17.7 Å². The molecule has 0 unspecified atom stereocenters. The summed E-state index contributed by atoms with van der Waals surface area (Å²) in [5.74, 6) is -1.60. The number of carbonyl (C=O) groups excluding carboxylic acids is 1. The number of carbonyl (C=O) groups is 1. The van der Waals surface area contributed by atoms with Gasteiger partial charge in [-0.3, -0.25) is 9.48 Å². The second-order valence-corrected chi connectivity index (χ2v) is 9.51. The average molecular weight is 519 g/mol. The Morgan fingerprint density at radius 1 is 1.18 bits per heavy atom. The summed E-state index contributed by atoms with van der Waals surface area (Å²) in [6, 6.07) is 9.93. The molecule has 0 aliphatic heterocycles. The number of alkyl carbamates (subject to hydrolysis) is 1. The number of nitrogens with one attached hydrogen (secondary N) is 2. The summed E-state index contributed by atoms with van der Waals surface area (Å²) in [7, 11) is 1.67. The molecule has 2 aromatic carbocycles. The number of H-pyrrole nitrogens is 1. The third kappa shape index (κ3) is 5.75. The van der Waals surface area contributed by atoms with Crippen LogP contribution >= 0.6 is 0 Å². The Morgan fingerprint density at radius 3 is 2.55 bits per heavy atom. The molecule has 0 spiro atoms. The second kappa shape index (κ2) is 10.3. The van der Waals surface area contributed by atoms with Crippen LogP contribution in [0.5, 0.6) is 0 Å². The molecule has 0 aliphatic carbocycles. The van der Waals surface area contributed by atoms with Gasteiger partial charge in [-0.1, -0.05) is 6.07 Å². The first kappa shape index (κ1) is 26.2. The van der Waals surface area contributed by atoms with Crippen LogP contribution < -0.4 is 10.9 Å². The number of amides is 1. The molecule has 38 heavy (non-hydrogen) atoms. The maximum Gasteiger partial charge on any atom is 0.407 e. The first-order valence-electron chi connectivity index (χ1n) is 11.5. The van der Waals surface area contributed by atoms with Gasteiger partial charge in [0.15, 0.2) is 0 Å². The highest BCUT2D eigenvalue weighted by molar-refractivity contribution is 5.94. The van der Waals surface area contributed by atoms with Crippen LogP contribution in [-0.4, -0.2) is 31.7 Å². The number of halogens is 2. The summed E-state index contributed by atoms with van der Waals surface area (Å²) in [5.41, 5.74) is 1.19. The zero-order chi connectivity index (χ0) is 27.6. The molecule has 2 N–H and O–H groups in total. The predicted octanol–water partition coefficient (Wildman–Crippen LogP) is 4.69. The zero-order valence-corrected chi connectivity index (χ0v) is 21.1. The molecule has 0 radical (unpaired) electrons. The molecule has 2 aromatic heterocycles. The first-order valence-corrected chi connectivity index (χ1v) is 11.5. The smallest absolute Gasteiger partial charge is 0.407 e. The van der Waals surface area contributed by atoms with Crippen LogP contribution in [-0.2, 0) is 18.3 Å². The van der Waals surface area contributed by atoms with Crippen molar-refractivity contribution in [3.63, 3.8) is 0 Å². The number of aryl methyl sites for hydroxylation is 1. The van der Waals surface area contributed by atoms with Crippen molar-refractivity contribution in [2.24, 2.45) is 7.05 Å². The number of rotatable bonds is 5. The Balaban J connectivity index is 1.76.